The summed E-state index contributed by atoms with van der Waals surface area (Å²) in [5.74, 6) is 0.662. The highest BCUT2D eigenvalue weighted by molar-refractivity contribution is 5.92. The zero-order valence-corrected chi connectivity index (χ0v) is 23.3. The highest BCUT2D eigenvalue weighted by Gasteiger charge is 2.22. The number of nitrogens with one attached hydrogen (secondary N) is 2. The number of benzene rings is 1. The van der Waals surface area contributed by atoms with Crippen molar-refractivity contribution >= 4 is 28.5 Å². The topological polar surface area (TPSA) is 116 Å². The predicted molar refractivity (Wildman–Crippen MR) is 159 cm³/mol. The standard InChI is InChI=1S/C31H35F2N7O2/c32-27(33)20-40(17-4-3-9-23-13-12-21-7-6-16-35-28(21)36-23)18-14-26(31(41)42)38-30-24-10-1-2-11-25(24)37-29(39-30)22-8-5-15-34-19-22/h1-2,5,8,10-13,15,19,26-27H,3-4,6-7,9,14,16-18,20H2,(H,35,36)(H,41,42)(H,37,38,39)/t26-/m0/s1. The predicted octanol–water partition coefficient (Wildman–Crippen LogP) is 5.29. The second-order valence-electron chi connectivity index (χ2n) is 10.5. The molecule has 0 aliphatic carbocycles. The van der Waals surface area contributed by atoms with Gasteiger partial charge in [-0.2, -0.15) is 0 Å². The lowest BCUT2D eigenvalue weighted by atomic mass is 10.1. The zero-order chi connectivity index (χ0) is 29.3. The third kappa shape index (κ3) is 7.73. The van der Waals surface area contributed by atoms with Crippen molar-refractivity contribution in [3.8, 4) is 11.4 Å². The smallest absolute Gasteiger partial charge is 0.326 e. The van der Waals surface area contributed by atoms with Crippen molar-refractivity contribution in [2.24, 2.45) is 0 Å². The number of unbranched alkanes of at least 4 members (excludes halogenated alkanes) is 1. The first-order valence-electron chi connectivity index (χ1n) is 14.4. The Bertz CT molecular complexity index is 1490. The van der Waals surface area contributed by atoms with Gasteiger partial charge < -0.3 is 15.7 Å². The molecule has 42 heavy (non-hydrogen) atoms. The molecule has 0 saturated carbocycles. The Morgan fingerprint density at radius 1 is 1.05 bits per heavy atom. The Kier molecular flexibility index (Phi) is 9.81. The SMILES string of the molecule is O=C(O)[C@H](CCN(CCCCc1ccc2c(n1)NCCC2)CC(F)F)Nc1nc(-c2cccnc2)nc2ccccc12. The van der Waals surface area contributed by atoms with Crippen molar-refractivity contribution in [1.29, 1.82) is 0 Å². The largest absolute Gasteiger partial charge is 0.480 e. The van der Waals surface area contributed by atoms with E-state index in [1.54, 1.807) is 23.4 Å². The lowest BCUT2D eigenvalue weighted by Gasteiger charge is -2.24. The fourth-order valence-electron chi connectivity index (χ4n) is 5.18. The summed E-state index contributed by atoms with van der Waals surface area (Å²) in [6.45, 7) is 1.17. The van der Waals surface area contributed by atoms with E-state index in [9.17, 15) is 18.7 Å². The Labute approximate surface area is 243 Å². The number of carboxylic acid groups (broad SMARTS) is 1. The maximum atomic E-state index is 13.4. The van der Waals surface area contributed by atoms with E-state index in [0.29, 0.717) is 41.1 Å². The van der Waals surface area contributed by atoms with Gasteiger partial charge in [0.15, 0.2) is 5.82 Å². The van der Waals surface area contributed by atoms with E-state index in [1.807, 2.05) is 36.4 Å². The zero-order valence-electron chi connectivity index (χ0n) is 23.3. The van der Waals surface area contributed by atoms with Crippen molar-refractivity contribution in [2.45, 2.75) is 51.0 Å². The fourth-order valence-corrected chi connectivity index (χ4v) is 5.18. The molecule has 3 N–H and O–H groups in total. The van der Waals surface area contributed by atoms with Gasteiger partial charge in [-0.15, -0.1) is 0 Å². The molecule has 4 aromatic rings. The van der Waals surface area contributed by atoms with E-state index in [1.165, 1.54) is 5.56 Å². The van der Waals surface area contributed by atoms with E-state index < -0.39 is 25.0 Å². The molecule has 0 bridgehead atoms. The number of aryl methyl sites for hydroxylation is 2. The number of aromatic nitrogens is 4. The van der Waals surface area contributed by atoms with Gasteiger partial charge in [0.1, 0.15) is 17.7 Å². The molecule has 3 aromatic heterocycles. The number of hydrogen-bond acceptors (Lipinski definition) is 8. The Hall–Kier alpha value is -4.25. The van der Waals surface area contributed by atoms with E-state index in [-0.39, 0.29) is 13.0 Å². The van der Waals surface area contributed by atoms with Crippen LogP contribution in [0.3, 0.4) is 0 Å². The summed E-state index contributed by atoms with van der Waals surface area (Å²) in [7, 11) is 0. The second kappa shape index (κ2) is 14.1. The summed E-state index contributed by atoms with van der Waals surface area (Å²) in [5, 5.41) is 17.1. The monoisotopic (exact) mass is 575 g/mol. The first-order valence-corrected chi connectivity index (χ1v) is 14.4. The molecule has 0 radical (unpaired) electrons. The Morgan fingerprint density at radius 2 is 1.93 bits per heavy atom. The van der Waals surface area contributed by atoms with Gasteiger partial charge in [-0.05, 0) is 81.0 Å². The lowest BCUT2D eigenvalue weighted by Crippen LogP contribution is -2.37. The van der Waals surface area contributed by atoms with Crippen LogP contribution >= 0.6 is 0 Å². The summed E-state index contributed by atoms with van der Waals surface area (Å²) in [5.41, 5.74) is 3.57. The first-order chi connectivity index (χ1) is 20.5. The molecule has 1 atom stereocenters. The number of carbonyl (C=O) groups is 1. The van der Waals surface area contributed by atoms with Gasteiger partial charge in [-0.3, -0.25) is 9.88 Å². The maximum absolute atomic E-state index is 13.4. The summed E-state index contributed by atoms with van der Waals surface area (Å²) in [6, 6.07) is 14.1. The first kappa shape index (κ1) is 29.2. The van der Waals surface area contributed by atoms with Crippen LogP contribution < -0.4 is 10.6 Å². The quantitative estimate of drug-likeness (QED) is 0.173. The van der Waals surface area contributed by atoms with Crippen molar-refractivity contribution in [1.82, 2.24) is 24.8 Å². The van der Waals surface area contributed by atoms with Gasteiger partial charge in [-0.25, -0.2) is 28.5 Å². The average molecular weight is 576 g/mol. The van der Waals surface area contributed by atoms with Gasteiger partial charge in [0.05, 0.1) is 12.1 Å². The molecule has 0 unspecified atom stereocenters. The summed E-state index contributed by atoms with van der Waals surface area (Å²) < 4.78 is 26.8. The number of rotatable bonds is 14. The van der Waals surface area contributed by atoms with Crippen LogP contribution in [0.5, 0.6) is 0 Å². The maximum Gasteiger partial charge on any atom is 0.326 e. The summed E-state index contributed by atoms with van der Waals surface area (Å²) in [4.78, 5) is 32.0. The molecular weight excluding hydrogens is 540 g/mol. The third-order valence-corrected chi connectivity index (χ3v) is 7.37. The van der Waals surface area contributed by atoms with Crippen LogP contribution in [0.25, 0.3) is 22.3 Å². The number of hydrogen-bond donors (Lipinski definition) is 3. The number of nitrogens with zero attached hydrogens (tertiary/aromatic N) is 5. The average Bonchev–Trinajstić information content (AvgIpc) is 3.00. The number of halogens is 2. The molecule has 1 aliphatic heterocycles. The minimum Gasteiger partial charge on any atom is -0.480 e. The van der Waals surface area contributed by atoms with Gasteiger partial charge in [-0.1, -0.05) is 18.2 Å². The molecule has 220 valence electrons. The van der Waals surface area contributed by atoms with Crippen LogP contribution in [0.4, 0.5) is 20.4 Å². The highest BCUT2D eigenvalue weighted by atomic mass is 19.3. The number of carboxylic acids is 1. The molecule has 0 amide bonds. The van der Waals surface area contributed by atoms with Crippen molar-refractivity contribution in [2.75, 3.05) is 36.8 Å². The molecule has 4 heterocycles. The minimum atomic E-state index is -2.51. The molecule has 5 rings (SSSR count). The Morgan fingerprint density at radius 3 is 2.74 bits per heavy atom. The molecule has 0 spiro atoms. The molecule has 0 saturated heterocycles. The van der Waals surface area contributed by atoms with E-state index in [0.717, 1.165) is 43.7 Å². The molecule has 9 nitrogen and oxygen atoms in total. The van der Waals surface area contributed by atoms with Crippen LogP contribution in [0.1, 0.15) is 36.9 Å². The number of aliphatic carboxylic acids is 1. The normalized spacial score (nSPS) is 13.6. The lowest BCUT2D eigenvalue weighted by molar-refractivity contribution is -0.138. The van der Waals surface area contributed by atoms with Crippen LogP contribution in [0, 0.1) is 0 Å². The Balaban J connectivity index is 1.22. The van der Waals surface area contributed by atoms with Crippen LogP contribution in [-0.2, 0) is 17.6 Å². The summed E-state index contributed by atoms with van der Waals surface area (Å²) in [6.07, 6.45) is 5.31. The van der Waals surface area contributed by atoms with Gasteiger partial charge in [0, 0.05) is 42.1 Å². The molecule has 11 heteroatoms. The number of anilines is 2. The van der Waals surface area contributed by atoms with Crippen molar-refractivity contribution in [3.63, 3.8) is 0 Å². The minimum absolute atomic E-state index is 0.126. The highest BCUT2D eigenvalue weighted by Crippen LogP contribution is 2.26. The van der Waals surface area contributed by atoms with Gasteiger partial charge >= 0.3 is 5.97 Å². The fraction of sp³-hybridized carbons (Fsp3) is 0.387. The van der Waals surface area contributed by atoms with Gasteiger partial charge in [0.2, 0.25) is 0 Å². The van der Waals surface area contributed by atoms with Crippen LogP contribution in [0.15, 0.2) is 60.9 Å². The van der Waals surface area contributed by atoms with E-state index >= 15 is 0 Å². The molecule has 1 aliphatic rings. The number of alkyl halides is 2. The number of pyridine rings is 2. The molecular formula is C31H35F2N7O2. The molecule has 0 fully saturated rings. The van der Waals surface area contributed by atoms with Crippen molar-refractivity contribution < 1.29 is 18.7 Å². The number of para-hydroxylation sites is 1. The van der Waals surface area contributed by atoms with Crippen LogP contribution in [-0.4, -0.2) is 74.6 Å². The molecule has 1 aromatic carbocycles. The number of fused-ring (bicyclic) bond motifs is 2. The van der Waals surface area contributed by atoms with E-state index in [2.05, 4.69) is 31.7 Å². The van der Waals surface area contributed by atoms with Crippen LogP contribution in [0.2, 0.25) is 0 Å². The van der Waals surface area contributed by atoms with E-state index in [4.69, 9.17) is 4.98 Å². The van der Waals surface area contributed by atoms with Gasteiger partial charge in [0.25, 0.3) is 6.43 Å². The third-order valence-electron chi connectivity index (χ3n) is 7.37. The van der Waals surface area contributed by atoms with Crippen molar-refractivity contribution in [3.05, 3.63) is 72.2 Å². The summed E-state index contributed by atoms with van der Waals surface area (Å²) >= 11 is 0. The second-order valence-corrected chi connectivity index (χ2v) is 10.5.